The second-order valence-corrected chi connectivity index (χ2v) is 10.2. The zero-order valence-electron chi connectivity index (χ0n) is 23.2. The van der Waals surface area contributed by atoms with Gasteiger partial charge in [-0.15, -0.1) is 11.6 Å². The largest absolute Gasteiger partial charge is 0.465 e. The highest BCUT2D eigenvalue weighted by Crippen LogP contribution is 2.40. The normalized spacial score (nSPS) is 17.4. The summed E-state index contributed by atoms with van der Waals surface area (Å²) < 4.78 is 77.5. The topological polar surface area (TPSA) is 87.2 Å². The molecule has 41 heavy (non-hydrogen) atoms. The van der Waals surface area contributed by atoms with Crippen molar-refractivity contribution in [2.24, 2.45) is 11.8 Å². The molecule has 13 heteroatoms. The highest BCUT2D eigenvalue weighted by molar-refractivity contribution is 6.17. The molecule has 0 unspecified atom stereocenters. The van der Waals surface area contributed by atoms with Gasteiger partial charge in [0.05, 0.1) is 37.6 Å². The molecule has 1 saturated carbocycles. The summed E-state index contributed by atoms with van der Waals surface area (Å²) in [7, 11) is 3.93. The Bertz CT molecular complexity index is 1210. The Kier molecular flexibility index (Phi) is 11.3. The van der Waals surface area contributed by atoms with E-state index >= 15 is 4.39 Å². The lowest BCUT2D eigenvalue weighted by Gasteiger charge is -2.36. The van der Waals surface area contributed by atoms with E-state index in [4.69, 9.17) is 30.5 Å². The van der Waals surface area contributed by atoms with Crippen molar-refractivity contribution in [2.45, 2.75) is 50.7 Å². The van der Waals surface area contributed by atoms with Crippen LogP contribution in [0.3, 0.4) is 0 Å². The number of anilines is 1. The Labute approximate surface area is 240 Å². The zero-order chi connectivity index (χ0) is 30.3. The van der Waals surface area contributed by atoms with Crippen molar-refractivity contribution < 1.29 is 46.1 Å². The van der Waals surface area contributed by atoms with Gasteiger partial charge < -0.3 is 23.8 Å². The summed E-state index contributed by atoms with van der Waals surface area (Å²) in [5, 5.41) is 0. The van der Waals surface area contributed by atoms with E-state index in [1.54, 1.807) is 0 Å². The van der Waals surface area contributed by atoms with E-state index in [1.807, 2.05) is 0 Å². The number of benzene rings is 1. The molecular weight excluding hydrogens is 572 g/mol. The maximum absolute atomic E-state index is 15.6. The quantitative estimate of drug-likeness (QED) is 0.167. The fraction of sp³-hybridized carbons (Fsp3) is 0.536. The van der Waals surface area contributed by atoms with Crippen LogP contribution in [0.5, 0.6) is 11.6 Å². The lowest BCUT2D eigenvalue weighted by molar-refractivity contribution is -0.139. The number of nitrogens with zero attached hydrogens (tertiary/aromatic N) is 2. The maximum atomic E-state index is 15.6. The zero-order valence-corrected chi connectivity index (χ0v) is 24.0. The molecule has 1 aromatic carbocycles. The third-order valence-electron chi connectivity index (χ3n) is 6.97. The molecule has 0 bridgehead atoms. The fourth-order valence-electron chi connectivity index (χ4n) is 4.83. The number of carbonyl (C=O) groups excluding carboxylic acids is 2. The van der Waals surface area contributed by atoms with Gasteiger partial charge in [0.15, 0.2) is 11.6 Å². The molecule has 226 valence electrons. The van der Waals surface area contributed by atoms with Crippen LogP contribution < -0.4 is 9.64 Å². The number of pyridine rings is 1. The number of alkyl halides is 4. The summed E-state index contributed by atoms with van der Waals surface area (Å²) in [5.74, 6) is -4.29. The first-order valence-electron chi connectivity index (χ1n) is 13.0. The number of hydrogen-bond donors (Lipinski definition) is 0. The number of methoxy groups -OCH3 is 3. The minimum absolute atomic E-state index is 0.00499. The van der Waals surface area contributed by atoms with Crippen LogP contribution in [0.1, 0.15) is 54.1 Å². The molecule has 0 aliphatic heterocycles. The highest BCUT2D eigenvalue weighted by Gasteiger charge is 2.38. The summed E-state index contributed by atoms with van der Waals surface area (Å²) in [4.78, 5) is 31.8. The van der Waals surface area contributed by atoms with Gasteiger partial charge in [-0.05, 0) is 43.2 Å². The minimum atomic E-state index is -4.89. The Hall–Kier alpha value is -2.96. The predicted octanol–water partition coefficient (Wildman–Crippen LogP) is 6.38. The number of halogens is 5. The number of esters is 1. The molecule has 0 radical (unpaired) electrons. The monoisotopic (exact) mass is 604 g/mol. The minimum Gasteiger partial charge on any atom is -0.465 e. The SMILES string of the molecule is COCC(COC)N(C(=O)C1CCC(C)CC1)c1cc(F)c(Oc2ncc(CCl)cc2C(F)(F)F)cc1C(=O)OC. The van der Waals surface area contributed by atoms with Crippen molar-refractivity contribution in [3.63, 3.8) is 0 Å². The maximum Gasteiger partial charge on any atom is 0.421 e. The number of ether oxygens (including phenoxy) is 4. The smallest absolute Gasteiger partial charge is 0.421 e. The summed E-state index contributed by atoms with van der Waals surface area (Å²) >= 11 is 5.65. The van der Waals surface area contributed by atoms with Gasteiger partial charge in [-0.25, -0.2) is 14.2 Å². The van der Waals surface area contributed by atoms with Crippen LogP contribution in [0, 0.1) is 17.7 Å². The van der Waals surface area contributed by atoms with Gasteiger partial charge in [0.2, 0.25) is 11.8 Å². The van der Waals surface area contributed by atoms with E-state index in [2.05, 4.69) is 11.9 Å². The Morgan fingerprint density at radius 3 is 2.24 bits per heavy atom. The molecule has 0 saturated heterocycles. The van der Waals surface area contributed by atoms with Gasteiger partial charge in [-0.2, -0.15) is 13.2 Å². The first-order valence-corrected chi connectivity index (χ1v) is 13.5. The van der Waals surface area contributed by atoms with Gasteiger partial charge in [0, 0.05) is 44.3 Å². The van der Waals surface area contributed by atoms with E-state index in [-0.39, 0.29) is 41.8 Å². The van der Waals surface area contributed by atoms with Crippen LogP contribution in [-0.2, 0) is 31.1 Å². The molecule has 1 fully saturated rings. The van der Waals surface area contributed by atoms with E-state index < -0.39 is 47.1 Å². The van der Waals surface area contributed by atoms with Gasteiger partial charge in [0.25, 0.3) is 0 Å². The van der Waals surface area contributed by atoms with Crippen LogP contribution in [0.2, 0.25) is 0 Å². The average molecular weight is 605 g/mol. The number of amides is 1. The molecule has 0 atom stereocenters. The van der Waals surface area contributed by atoms with Crippen molar-refractivity contribution in [1.29, 1.82) is 0 Å². The van der Waals surface area contributed by atoms with Crippen molar-refractivity contribution in [2.75, 3.05) is 39.4 Å². The van der Waals surface area contributed by atoms with Crippen molar-refractivity contribution in [3.8, 4) is 11.6 Å². The molecule has 0 spiro atoms. The van der Waals surface area contributed by atoms with Gasteiger partial charge in [0.1, 0.15) is 5.56 Å². The van der Waals surface area contributed by atoms with Gasteiger partial charge in [-0.3, -0.25) is 4.79 Å². The molecule has 1 heterocycles. The van der Waals surface area contributed by atoms with Crippen LogP contribution in [-0.4, -0.2) is 57.4 Å². The standard InChI is InChI=1S/C28H33ClF4N2O6/c1-16-5-7-18(8-6-16)26(36)35(19(14-38-2)15-39-3)23-11-22(30)24(10-20(23)27(37)40-4)41-25-21(28(31,32)33)9-17(12-29)13-34-25/h9-11,13,16,18-19H,5-8,12,14-15H2,1-4H3. The van der Waals surface area contributed by atoms with Crippen molar-refractivity contribution in [3.05, 3.63) is 46.9 Å². The van der Waals surface area contributed by atoms with Crippen LogP contribution in [0.25, 0.3) is 0 Å². The molecule has 1 amide bonds. The Morgan fingerprint density at radius 1 is 1.07 bits per heavy atom. The molecule has 1 aliphatic carbocycles. The summed E-state index contributed by atoms with van der Waals surface area (Å²) in [6, 6.07) is 1.75. The predicted molar refractivity (Wildman–Crippen MR) is 143 cm³/mol. The first kappa shape index (κ1) is 32.6. The fourth-order valence-corrected chi connectivity index (χ4v) is 4.98. The van der Waals surface area contributed by atoms with E-state index in [9.17, 15) is 22.8 Å². The molecular formula is C28H33ClF4N2O6. The molecule has 8 nitrogen and oxygen atoms in total. The van der Waals surface area contributed by atoms with Crippen LogP contribution >= 0.6 is 11.6 Å². The Balaban J connectivity index is 2.15. The van der Waals surface area contributed by atoms with E-state index in [0.29, 0.717) is 18.8 Å². The van der Waals surface area contributed by atoms with E-state index in [1.165, 1.54) is 19.1 Å². The number of aromatic nitrogens is 1. The highest BCUT2D eigenvalue weighted by atomic mass is 35.5. The van der Waals surface area contributed by atoms with Crippen molar-refractivity contribution >= 4 is 29.2 Å². The second-order valence-electron chi connectivity index (χ2n) is 9.95. The second kappa shape index (κ2) is 14.3. The first-order chi connectivity index (χ1) is 19.4. The lowest BCUT2D eigenvalue weighted by Crippen LogP contribution is -2.49. The summed E-state index contributed by atoms with van der Waals surface area (Å²) in [6.07, 6.45) is -0.969. The molecule has 3 rings (SSSR count). The molecule has 1 aromatic heterocycles. The molecule has 0 N–H and O–H groups in total. The third-order valence-corrected chi connectivity index (χ3v) is 7.28. The Morgan fingerprint density at radius 2 is 1.71 bits per heavy atom. The lowest BCUT2D eigenvalue weighted by atomic mass is 9.82. The third kappa shape index (κ3) is 7.87. The van der Waals surface area contributed by atoms with E-state index in [0.717, 1.165) is 44.3 Å². The van der Waals surface area contributed by atoms with Gasteiger partial charge in [-0.1, -0.05) is 6.92 Å². The average Bonchev–Trinajstić information content (AvgIpc) is 2.94. The van der Waals surface area contributed by atoms with Gasteiger partial charge >= 0.3 is 12.1 Å². The summed E-state index contributed by atoms with van der Waals surface area (Å²) in [5.41, 5.74) is -1.65. The van der Waals surface area contributed by atoms with Crippen LogP contribution in [0.4, 0.5) is 23.2 Å². The number of rotatable bonds is 11. The summed E-state index contributed by atoms with van der Waals surface area (Å²) in [6.45, 7) is 2.09. The number of carbonyl (C=O) groups is 2. The number of hydrogen-bond acceptors (Lipinski definition) is 7. The molecule has 2 aromatic rings. The molecule has 1 aliphatic rings. The van der Waals surface area contributed by atoms with Crippen molar-refractivity contribution in [1.82, 2.24) is 4.98 Å². The van der Waals surface area contributed by atoms with Crippen LogP contribution in [0.15, 0.2) is 24.4 Å².